The summed E-state index contributed by atoms with van der Waals surface area (Å²) in [5, 5.41) is 3.47. The Kier molecular flexibility index (Phi) is 4.84. The molecule has 1 spiro atoms. The third-order valence-corrected chi connectivity index (χ3v) is 5.01. The van der Waals surface area contributed by atoms with Crippen molar-refractivity contribution < 1.29 is 23.5 Å². The number of carbonyl (C=O) groups is 3. The molecule has 1 aromatic carbocycles. The van der Waals surface area contributed by atoms with Crippen LogP contribution in [0.1, 0.15) is 39.5 Å². The second kappa shape index (κ2) is 6.93. The van der Waals surface area contributed by atoms with Gasteiger partial charge in [-0.2, -0.15) is 5.01 Å². The van der Waals surface area contributed by atoms with Gasteiger partial charge in [0.1, 0.15) is 17.1 Å². The normalized spacial score (nSPS) is 26.6. The van der Waals surface area contributed by atoms with Crippen molar-refractivity contribution >= 4 is 17.8 Å². The number of ether oxygens (including phenoxy) is 1. The lowest BCUT2D eigenvalue weighted by Crippen LogP contribution is -2.53. The summed E-state index contributed by atoms with van der Waals surface area (Å²) in [6.45, 7) is 3.59. The van der Waals surface area contributed by atoms with Crippen LogP contribution in [0.15, 0.2) is 24.3 Å². The summed E-state index contributed by atoms with van der Waals surface area (Å²) in [5.41, 5.74) is 1.41. The van der Waals surface area contributed by atoms with Crippen molar-refractivity contribution in [2.45, 2.75) is 51.2 Å². The first kappa shape index (κ1) is 18.2. The highest BCUT2D eigenvalue weighted by atomic mass is 19.1. The predicted molar refractivity (Wildman–Crippen MR) is 90.4 cm³/mol. The summed E-state index contributed by atoms with van der Waals surface area (Å²) < 4.78 is 18.3. The molecule has 4 amide bonds. The summed E-state index contributed by atoms with van der Waals surface area (Å²) in [6.07, 6.45) is 1.85. The Labute approximate surface area is 150 Å². The van der Waals surface area contributed by atoms with E-state index in [1.807, 2.05) is 0 Å². The molecule has 8 heteroatoms. The zero-order valence-electron chi connectivity index (χ0n) is 14.8. The molecule has 7 nitrogen and oxygen atoms in total. The number of nitrogens with one attached hydrogen (secondary N) is 2. The van der Waals surface area contributed by atoms with Gasteiger partial charge in [-0.05, 0) is 62.8 Å². The Bertz CT molecular complexity index is 714. The number of nitrogens with zero attached hydrogens (tertiary/aromatic N) is 1. The minimum Gasteiger partial charge on any atom is -0.481 e. The number of imide groups is 1. The van der Waals surface area contributed by atoms with Gasteiger partial charge >= 0.3 is 6.03 Å². The maximum absolute atomic E-state index is 12.9. The molecular formula is C18H22FN3O4. The van der Waals surface area contributed by atoms with Gasteiger partial charge in [0.25, 0.3) is 11.8 Å². The molecule has 1 saturated carbocycles. The Morgan fingerprint density at radius 2 is 1.92 bits per heavy atom. The highest BCUT2D eigenvalue weighted by molar-refractivity contribution is 6.08. The quantitative estimate of drug-likeness (QED) is 0.802. The highest BCUT2D eigenvalue weighted by Gasteiger charge is 2.53. The van der Waals surface area contributed by atoms with Gasteiger partial charge in [0.05, 0.1) is 0 Å². The van der Waals surface area contributed by atoms with Crippen LogP contribution >= 0.6 is 0 Å². The number of urea groups is 1. The van der Waals surface area contributed by atoms with E-state index in [2.05, 4.69) is 17.7 Å². The summed E-state index contributed by atoms with van der Waals surface area (Å²) in [5.74, 6) is -0.668. The lowest BCUT2D eigenvalue weighted by atomic mass is 9.77. The smallest absolute Gasteiger partial charge is 0.344 e. The minimum atomic E-state index is -0.969. The van der Waals surface area contributed by atoms with Crippen molar-refractivity contribution in [2.75, 3.05) is 0 Å². The SMILES string of the molecule is CC1CCC2(CC1)NC(=O)N(NC(=O)C(C)Oc1ccc(F)cc1)C2=O. The first-order valence-corrected chi connectivity index (χ1v) is 8.70. The molecule has 140 valence electrons. The zero-order valence-corrected chi connectivity index (χ0v) is 14.8. The number of hydrogen-bond donors (Lipinski definition) is 2. The van der Waals surface area contributed by atoms with Gasteiger partial charge in [0.15, 0.2) is 6.10 Å². The van der Waals surface area contributed by atoms with Crippen molar-refractivity contribution in [2.24, 2.45) is 5.92 Å². The minimum absolute atomic E-state index is 0.309. The van der Waals surface area contributed by atoms with E-state index in [-0.39, 0.29) is 0 Å². The molecule has 1 unspecified atom stereocenters. The van der Waals surface area contributed by atoms with Crippen molar-refractivity contribution in [3.63, 3.8) is 0 Å². The number of benzene rings is 1. The van der Waals surface area contributed by atoms with Crippen LogP contribution in [0.2, 0.25) is 0 Å². The Morgan fingerprint density at radius 1 is 1.31 bits per heavy atom. The lowest BCUT2D eigenvalue weighted by molar-refractivity contribution is -0.142. The highest BCUT2D eigenvalue weighted by Crippen LogP contribution is 2.35. The molecule has 2 aliphatic rings. The van der Waals surface area contributed by atoms with Crippen LogP contribution in [-0.2, 0) is 9.59 Å². The Hall–Kier alpha value is -2.64. The molecule has 3 rings (SSSR count). The second-order valence-electron chi connectivity index (χ2n) is 7.03. The van der Waals surface area contributed by atoms with Crippen LogP contribution in [0.5, 0.6) is 5.75 Å². The third-order valence-electron chi connectivity index (χ3n) is 5.01. The number of hydrogen-bond acceptors (Lipinski definition) is 4. The van der Waals surface area contributed by atoms with E-state index in [0.717, 1.165) is 17.9 Å². The first-order valence-electron chi connectivity index (χ1n) is 8.70. The average molecular weight is 363 g/mol. The number of halogens is 1. The molecule has 1 aromatic rings. The van der Waals surface area contributed by atoms with Crippen molar-refractivity contribution in [3.05, 3.63) is 30.1 Å². The fourth-order valence-corrected chi connectivity index (χ4v) is 3.29. The van der Waals surface area contributed by atoms with Gasteiger partial charge in [0.2, 0.25) is 0 Å². The third kappa shape index (κ3) is 3.49. The summed E-state index contributed by atoms with van der Waals surface area (Å²) in [6, 6.07) is 4.58. The summed E-state index contributed by atoms with van der Waals surface area (Å²) in [7, 11) is 0. The summed E-state index contributed by atoms with van der Waals surface area (Å²) >= 11 is 0. The van der Waals surface area contributed by atoms with Crippen LogP contribution in [0, 0.1) is 11.7 Å². The molecular weight excluding hydrogens is 341 g/mol. The predicted octanol–water partition coefficient (Wildman–Crippen LogP) is 2.12. The molecule has 0 aromatic heterocycles. The maximum Gasteiger partial charge on any atom is 0.344 e. The largest absolute Gasteiger partial charge is 0.481 e. The van der Waals surface area contributed by atoms with Gasteiger partial charge in [-0.15, -0.1) is 0 Å². The van der Waals surface area contributed by atoms with Crippen LogP contribution < -0.4 is 15.5 Å². The van der Waals surface area contributed by atoms with E-state index in [0.29, 0.717) is 24.5 Å². The number of rotatable bonds is 4. The topological polar surface area (TPSA) is 87.7 Å². The molecule has 0 bridgehead atoms. The van der Waals surface area contributed by atoms with Crippen LogP contribution in [0.25, 0.3) is 0 Å². The van der Waals surface area contributed by atoms with Crippen LogP contribution in [0.4, 0.5) is 9.18 Å². The second-order valence-corrected chi connectivity index (χ2v) is 7.03. The van der Waals surface area contributed by atoms with Crippen molar-refractivity contribution in [3.8, 4) is 5.75 Å². The number of hydrazine groups is 1. The molecule has 2 fully saturated rings. The Morgan fingerprint density at radius 3 is 2.54 bits per heavy atom. The number of carbonyl (C=O) groups excluding carboxylic acids is 3. The average Bonchev–Trinajstić information content (AvgIpc) is 2.84. The van der Waals surface area contributed by atoms with E-state index < -0.39 is 35.3 Å². The molecule has 1 aliphatic carbocycles. The molecule has 1 atom stereocenters. The standard InChI is InChI=1S/C18H22FN3O4/c1-11-7-9-18(10-8-11)16(24)22(17(25)20-18)21-15(23)12(2)26-14-5-3-13(19)4-6-14/h3-6,11-12H,7-10H2,1-2H3,(H,20,25)(H,21,23). The fourth-order valence-electron chi connectivity index (χ4n) is 3.29. The van der Waals surface area contributed by atoms with Crippen molar-refractivity contribution in [1.82, 2.24) is 15.8 Å². The molecule has 1 saturated heterocycles. The van der Waals surface area contributed by atoms with Gasteiger partial charge in [-0.25, -0.2) is 9.18 Å². The van der Waals surface area contributed by atoms with E-state index >= 15 is 0 Å². The molecule has 1 heterocycles. The monoisotopic (exact) mass is 363 g/mol. The first-order chi connectivity index (χ1) is 12.3. The van der Waals surface area contributed by atoms with E-state index in [1.54, 1.807) is 0 Å². The van der Waals surface area contributed by atoms with E-state index in [4.69, 9.17) is 4.74 Å². The van der Waals surface area contributed by atoms with Crippen molar-refractivity contribution in [1.29, 1.82) is 0 Å². The maximum atomic E-state index is 12.9. The molecule has 1 aliphatic heterocycles. The van der Waals surface area contributed by atoms with E-state index in [9.17, 15) is 18.8 Å². The van der Waals surface area contributed by atoms with Gasteiger partial charge < -0.3 is 10.1 Å². The van der Waals surface area contributed by atoms with Crippen LogP contribution in [-0.4, -0.2) is 34.5 Å². The lowest BCUT2D eigenvalue weighted by Gasteiger charge is -2.33. The zero-order chi connectivity index (χ0) is 18.9. The van der Waals surface area contributed by atoms with Gasteiger partial charge in [-0.1, -0.05) is 6.92 Å². The van der Waals surface area contributed by atoms with E-state index in [1.165, 1.54) is 31.2 Å². The van der Waals surface area contributed by atoms with Gasteiger partial charge in [0, 0.05) is 0 Å². The molecule has 0 radical (unpaired) electrons. The van der Waals surface area contributed by atoms with Crippen LogP contribution in [0.3, 0.4) is 0 Å². The molecule has 26 heavy (non-hydrogen) atoms. The fraction of sp³-hybridized carbons (Fsp3) is 0.500. The van der Waals surface area contributed by atoms with Gasteiger partial charge in [-0.3, -0.25) is 15.0 Å². The molecule has 2 N–H and O–H groups in total. The number of amides is 4. The Balaban J connectivity index is 1.62. The summed E-state index contributed by atoms with van der Waals surface area (Å²) in [4.78, 5) is 37.2.